The van der Waals surface area contributed by atoms with E-state index in [1.54, 1.807) is 12.1 Å². The Morgan fingerprint density at radius 2 is 1.87 bits per heavy atom. The molecule has 0 spiro atoms. The average molecular weight is 425 g/mol. The van der Waals surface area contributed by atoms with Crippen molar-refractivity contribution in [2.45, 2.75) is 32.4 Å². The van der Waals surface area contributed by atoms with Gasteiger partial charge in [0.1, 0.15) is 11.6 Å². The summed E-state index contributed by atoms with van der Waals surface area (Å²) < 4.78 is 19.2. The summed E-state index contributed by atoms with van der Waals surface area (Å²) in [5.74, 6) is -0.0563. The maximum atomic E-state index is 13.4. The Kier molecular flexibility index (Phi) is 5.39. The van der Waals surface area contributed by atoms with Gasteiger partial charge in [-0.05, 0) is 53.8 Å². The zero-order valence-corrected chi connectivity index (χ0v) is 17.4. The van der Waals surface area contributed by atoms with Gasteiger partial charge in [0, 0.05) is 12.1 Å². The molecule has 4 rings (SSSR count). The van der Waals surface area contributed by atoms with Gasteiger partial charge in [-0.25, -0.2) is 9.18 Å². The summed E-state index contributed by atoms with van der Waals surface area (Å²) in [5, 5.41) is 4.87. The number of urea groups is 1. The molecule has 2 aromatic rings. The number of hydrogen-bond acceptors (Lipinski definition) is 4. The summed E-state index contributed by atoms with van der Waals surface area (Å²) in [5.41, 5.74) is 0.249. The van der Waals surface area contributed by atoms with Crippen LogP contribution >= 0.6 is 0 Å². The standard InChI is InChI=1S/C23H24FN3O4/c1-14(2)9-10-31-18-7-8-19-15(11-18)12-27(20(19)28)13-23(21(29)25-22(30)26-23)16-3-5-17(24)6-4-16/h3-8,11,14H,9-10,12-13H2,1-2H3,(H2,25,26,29,30). The van der Waals surface area contributed by atoms with Crippen molar-refractivity contribution in [2.75, 3.05) is 13.2 Å². The minimum atomic E-state index is -1.49. The lowest BCUT2D eigenvalue weighted by Crippen LogP contribution is -2.52. The number of halogens is 1. The van der Waals surface area contributed by atoms with Crippen LogP contribution in [0.2, 0.25) is 0 Å². The first kappa shape index (κ1) is 20.8. The van der Waals surface area contributed by atoms with Crippen LogP contribution in [0.25, 0.3) is 0 Å². The number of carbonyl (C=O) groups excluding carboxylic acids is 3. The second-order valence-corrected chi connectivity index (χ2v) is 8.33. The number of nitrogens with zero attached hydrogens (tertiary/aromatic N) is 1. The summed E-state index contributed by atoms with van der Waals surface area (Å²) in [6.07, 6.45) is 0.928. The van der Waals surface area contributed by atoms with Gasteiger partial charge in [0.25, 0.3) is 11.8 Å². The molecule has 2 aromatic carbocycles. The summed E-state index contributed by atoms with van der Waals surface area (Å²) in [7, 11) is 0. The van der Waals surface area contributed by atoms with Crippen LogP contribution in [0.15, 0.2) is 42.5 Å². The lowest BCUT2D eigenvalue weighted by Gasteiger charge is -2.31. The third kappa shape index (κ3) is 3.97. The third-order valence-corrected chi connectivity index (χ3v) is 5.63. The lowest BCUT2D eigenvalue weighted by atomic mass is 9.89. The molecule has 0 bridgehead atoms. The molecule has 0 radical (unpaired) electrons. The van der Waals surface area contributed by atoms with Crippen molar-refractivity contribution in [2.24, 2.45) is 5.92 Å². The van der Waals surface area contributed by atoms with Crippen molar-refractivity contribution < 1.29 is 23.5 Å². The molecule has 0 aromatic heterocycles. The quantitative estimate of drug-likeness (QED) is 0.668. The van der Waals surface area contributed by atoms with Gasteiger partial charge in [-0.3, -0.25) is 14.9 Å². The van der Waals surface area contributed by atoms with Crippen LogP contribution in [0.4, 0.5) is 9.18 Å². The molecule has 2 aliphatic heterocycles. The molecule has 0 aliphatic carbocycles. The highest BCUT2D eigenvalue weighted by atomic mass is 19.1. The highest BCUT2D eigenvalue weighted by molar-refractivity contribution is 6.08. The van der Waals surface area contributed by atoms with Gasteiger partial charge in [0.05, 0.1) is 13.2 Å². The summed E-state index contributed by atoms with van der Waals surface area (Å²) in [6, 6.07) is 9.99. The van der Waals surface area contributed by atoms with E-state index in [0.717, 1.165) is 12.0 Å². The zero-order valence-electron chi connectivity index (χ0n) is 17.4. The molecule has 8 heteroatoms. The molecule has 7 nitrogen and oxygen atoms in total. The van der Waals surface area contributed by atoms with E-state index in [2.05, 4.69) is 24.5 Å². The summed E-state index contributed by atoms with van der Waals surface area (Å²) in [4.78, 5) is 39.2. The second-order valence-electron chi connectivity index (χ2n) is 8.33. The van der Waals surface area contributed by atoms with Gasteiger partial charge in [-0.2, -0.15) is 0 Å². The molecular formula is C23H24FN3O4. The van der Waals surface area contributed by atoms with Crippen LogP contribution in [-0.4, -0.2) is 35.9 Å². The Bertz CT molecular complexity index is 1040. The number of rotatable bonds is 7. The highest BCUT2D eigenvalue weighted by Crippen LogP contribution is 2.32. The van der Waals surface area contributed by atoms with Gasteiger partial charge >= 0.3 is 6.03 Å². The number of fused-ring (bicyclic) bond motifs is 1. The smallest absolute Gasteiger partial charge is 0.322 e. The monoisotopic (exact) mass is 425 g/mol. The van der Waals surface area contributed by atoms with Gasteiger partial charge in [-0.1, -0.05) is 26.0 Å². The largest absolute Gasteiger partial charge is 0.494 e. The predicted molar refractivity (Wildman–Crippen MR) is 111 cm³/mol. The molecule has 2 N–H and O–H groups in total. The van der Waals surface area contributed by atoms with E-state index in [9.17, 15) is 18.8 Å². The van der Waals surface area contributed by atoms with E-state index in [4.69, 9.17) is 4.74 Å². The lowest BCUT2D eigenvalue weighted by molar-refractivity contribution is -0.124. The van der Waals surface area contributed by atoms with Crippen molar-refractivity contribution in [3.8, 4) is 5.75 Å². The Morgan fingerprint density at radius 1 is 1.13 bits per heavy atom. The molecule has 2 aliphatic rings. The van der Waals surface area contributed by atoms with Crippen molar-refractivity contribution in [1.29, 1.82) is 0 Å². The Morgan fingerprint density at radius 3 is 2.52 bits per heavy atom. The Hall–Kier alpha value is -3.42. The molecule has 4 amide bonds. The van der Waals surface area contributed by atoms with E-state index in [-0.39, 0.29) is 19.0 Å². The van der Waals surface area contributed by atoms with Crippen LogP contribution in [0, 0.1) is 11.7 Å². The number of imide groups is 1. The average Bonchev–Trinajstić information content (AvgIpc) is 3.18. The maximum Gasteiger partial charge on any atom is 0.322 e. The number of carbonyl (C=O) groups is 3. The maximum absolute atomic E-state index is 13.4. The minimum Gasteiger partial charge on any atom is -0.494 e. The number of nitrogens with one attached hydrogen (secondary N) is 2. The Labute approximate surface area is 179 Å². The van der Waals surface area contributed by atoms with Crippen molar-refractivity contribution in [3.63, 3.8) is 0 Å². The molecule has 1 fully saturated rings. The first-order chi connectivity index (χ1) is 14.8. The summed E-state index contributed by atoms with van der Waals surface area (Å²) in [6.45, 7) is 5.04. The third-order valence-electron chi connectivity index (χ3n) is 5.63. The molecule has 2 heterocycles. The number of benzene rings is 2. The van der Waals surface area contributed by atoms with Crippen LogP contribution in [0.1, 0.15) is 41.8 Å². The van der Waals surface area contributed by atoms with Crippen LogP contribution < -0.4 is 15.4 Å². The van der Waals surface area contributed by atoms with Gasteiger partial charge in [0.15, 0.2) is 5.54 Å². The minimum absolute atomic E-state index is 0.0761. The van der Waals surface area contributed by atoms with E-state index in [1.807, 2.05) is 6.07 Å². The van der Waals surface area contributed by atoms with Crippen LogP contribution in [0.5, 0.6) is 5.75 Å². The number of hydrogen-bond donors (Lipinski definition) is 2. The highest BCUT2D eigenvalue weighted by Gasteiger charge is 2.50. The molecule has 162 valence electrons. The first-order valence-electron chi connectivity index (χ1n) is 10.2. The number of amides is 4. The van der Waals surface area contributed by atoms with Crippen molar-refractivity contribution in [3.05, 3.63) is 65.0 Å². The molecule has 1 atom stereocenters. The van der Waals surface area contributed by atoms with E-state index < -0.39 is 23.3 Å². The topological polar surface area (TPSA) is 87.7 Å². The SMILES string of the molecule is CC(C)CCOc1ccc2c(c1)CN(CC1(c3ccc(F)cc3)NC(=O)NC1=O)C2=O. The summed E-state index contributed by atoms with van der Waals surface area (Å²) >= 11 is 0. The molecule has 0 saturated carbocycles. The zero-order chi connectivity index (χ0) is 22.2. The predicted octanol–water partition coefficient (Wildman–Crippen LogP) is 2.94. The van der Waals surface area contributed by atoms with E-state index in [0.29, 0.717) is 29.4 Å². The molecule has 1 unspecified atom stereocenters. The molecule has 31 heavy (non-hydrogen) atoms. The normalized spacial score (nSPS) is 20.1. The fourth-order valence-corrected chi connectivity index (χ4v) is 3.91. The van der Waals surface area contributed by atoms with Gasteiger partial charge in [0.2, 0.25) is 0 Å². The fourth-order valence-electron chi connectivity index (χ4n) is 3.91. The van der Waals surface area contributed by atoms with E-state index >= 15 is 0 Å². The Balaban J connectivity index is 1.57. The van der Waals surface area contributed by atoms with Crippen LogP contribution in [0.3, 0.4) is 0 Å². The number of ether oxygens (including phenoxy) is 1. The molecular weight excluding hydrogens is 401 g/mol. The van der Waals surface area contributed by atoms with E-state index in [1.165, 1.54) is 29.2 Å². The van der Waals surface area contributed by atoms with Gasteiger partial charge < -0.3 is 15.0 Å². The second kappa shape index (κ2) is 8.02. The van der Waals surface area contributed by atoms with Gasteiger partial charge in [-0.15, -0.1) is 0 Å². The van der Waals surface area contributed by atoms with Crippen LogP contribution in [-0.2, 0) is 16.9 Å². The fraction of sp³-hybridized carbons (Fsp3) is 0.348. The van der Waals surface area contributed by atoms with Crippen molar-refractivity contribution >= 4 is 17.8 Å². The first-order valence-corrected chi connectivity index (χ1v) is 10.2. The van der Waals surface area contributed by atoms with Crippen molar-refractivity contribution in [1.82, 2.24) is 15.5 Å². The molecule has 1 saturated heterocycles.